The molecule has 1 N–H and O–H groups in total. The van der Waals surface area contributed by atoms with Crippen LogP contribution in [0.4, 0.5) is 0 Å². The zero-order valence-corrected chi connectivity index (χ0v) is 7.68. The maximum absolute atomic E-state index is 4.28. The quantitative estimate of drug-likeness (QED) is 0.747. The topological polar surface area (TPSA) is 24.9 Å². The molecule has 0 aromatic carbocycles. The molecule has 0 amide bonds. The molecule has 64 valence electrons. The van der Waals surface area contributed by atoms with E-state index in [4.69, 9.17) is 0 Å². The number of nitrogens with one attached hydrogen (secondary N) is 1. The monoisotopic (exact) mass is 180 g/mol. The van der Waals surface area contributed by atoms with Gasteiger partial charge in [-0.25, -0.2) is 4.98 Å². The van der Waals surface area contributed by atoms with Crippen molar-refractivity contribution in [2.75, 3.05) is 13.1 Å². The second kappa shape index (κ2) is 3.92. The number of pyridine rings is 1. The van der Waals surface area contributed by atoms with Crippen molar-refractivity contribution in [2.45, 2.75) is 16.7 Å². The second-order valence-electron chi connectivity index (χ2n) is 2.90. The molecule has 2 heterocycles. The molecule has 1 aromatic rings. The van der Waals surface area contributed by atoms with Crippen LogP contribution in [-0.4, -0.2) is 23.3 Å². The van der Waals surface area contributed by atoms with E-state index in [1.165, 1.54) is 6.42 Å². The summed E-state index contributed by atoms with van der Waals surface area (Å²) < 4.78 is 0. The van der Waals surface area contributed by atoms with Crippen LogP contribution in [0, 0.1) is 0 Å². The number of hydrogen-bond acceptors (Lipinski definition) is 3. The third-order valence-electron chi connectivity index (χ3n) is 1.94. The van der Waals surface area contributed by atoms with E-state index in [-0.39, 0.29) is 0 Å². The van der Waals surface area contributed by atoms with Gasteiger partial charge in [0.15, 0.2) is 0 Å². The van der Waals surface area contributed by atoms with Gasteiger partial charge < -0.3 is 5.32 Å². The molecule has 2 rings (SSSR count). The highest BCUT2D eigenvalue weighted by atomic mass is 32.2. The summed E-state index contributed by atoms with van der Waals surface area (Å²) in [6.45, 7) is 2.28. The Morgan fingerprint density at radius 1 is 1.50 bits per heavy atom. The fraction of sp³-hybridized carbons (Fsp3) is 0.444. The molecule has 1 atom stereocenters. The summed E-state index contributed by atoms with van der Waals surface area (Å²) in [4.78, 5) is 4.28. The maximum atomic E-state index is 4.28. The highest BCUT2D eigenvalue weighted by Crippen LogP contribution is 2.24. The summed E-state index contributed by atoms with van der Waals surface area (Å²) in [5, 5.41) is 5.21. The normalized spacial score (nSPS) is 22.8. The van der Waals surface area contributed by atoms with Gasteiger partial charge in [-0.2, -0.15) is 0 Å². The van der Waals surface area contributed by atoms with Gasteiger partial charge in [0.2, 0.25) is 0 Å². The first-order valence-electron chi connectivity index (χ1n) is 4.23. The molecule has 1 aromatic heterocycles. The van der Waals surface area contributed by atoms with E-state index in [1.807, 2.05) is 30.1 Å². The summed E-state index contributed by atoms with van der Waals surface area (Å²) in [6.07, 6.45) is 3.12. The number of hydrogen-bond donors (Lipinski definition) is 1. The molecule has 2 nitrogen and oxygen atoms in total. The highest BCUT2D eigenvalue weighted by molar-refractivity contribution is 7.99. The summed E-state index contributed by atoms with van der Waals surface area (Å²) in [7, 11) is 0. The van der Waals surface area contributed by atoms with Crippen molar-refractivity contribution in [2.24, 2.45) is 0 Å². The number of thioether (sulfide) groups is 1. The van der Waals surface area contributed by atoms with Gasteiger partial charge in [-0.05, 0) is 25.1 Å². The summed E-state index contributed by atoms with van der Waals surface area (Å²) >= 11 is 1.88. The van der Waals surface area contributed by atoms with Crippen LogP contribution < -0.4 is 5.32 Å². The highest BCUT2D eigenvalue weighted by Gasteiger charge is 2.15. The van der Waals surface area contributed by atoms with Crippen LogP contribution in [0.25, 0.3) is 0 Å². The lowest BCUT2D eigenvalue weighted by Gasteiger charge is -2.05. The molecule has 0 radical (unpaired) electrons. The molecule has 3 heteroatoms. The predicted octanol–water partition coefficient (Wildman–Crippen LogP) is 1.54. The van der Waals surface area contributed by atoms with Gasteiger partial charge in [-0.1, -0.05) is 6.07 Å². The van der Waals surface area contributed by atoms with E-state index in [9.17, 15) is 0 Å². The Labute approximate surface area is 76.8 Å². The van der Waals surface area contributed by atoms with Crippen LogP contribution in [0.3, 0.4) is 0 Å². The van der Waals surface area contributed by atoms with E-state index < -0.39 is 0 Å². The first-order valence-corrected chi connectivity index (χ1v) is 5.11. The summed E-state index contributed by atoms with van der Waals surface area (Å²) in [5.41, 5.74) is 0. The Kier molecular flexibility index (Phi) is 2.64. The van der Waals surface area contributed by atoms with Crippen molar-refractivity contribution < 1.29 is 0 Å². The lowest BCUT2D eigenvalue weighted by Crippen LogP contribution is -2.10. The van der Waals surface area contributed by atoms with Gasteiger partial charge >= 0.3 is 0 Å². The van der Waals surface area contributed by atoms with E-state index in [0.29, 0.717) is 0 Å². The van der Waals surface area contributed by atoms with Gasteiger partial charge in [0.05, 0.1) is 5.03 Å². The van der Waals surface area contributed by atoms with Crippen molar-refractivity contribution in [3.8, 4) is 0 Å². The van der Waals surface area contributed by atoms with Crippen molar-refractivity contribution in [1.29, 1.82) is 0 Å². The summed E-state index contributed by atoms with van der Waals surface area (Å²) in [5.74, 6) is 0. The predicted molar refractivity (Wildman–Crippen MR) is 51.4 cm³/mol. The van der Waals surface area contributed by atoms with E-state index in [2.05, 4.69) is 16.4 Å². The summed E-state index contributed by atoms with van der Waals surface area (Å²) in [6, 6.07) is 6.07. The molecule has 1 aliphatic heterocycles. The lowest BCUT2D eigenvalue weighted by atomic mass is 10.4. The Hall–Kier alpha value is -0.540. The van der Waals surface area contributed by atoms with Gasteiger partial charge in [-0.3, -0.25) is 0 Å². The molecule has 0 aliphatic carbocycles. The fourth-order valence-electron chi connectivity index (χ4n) is 1.32. The van der Waals surface area contributed by atoms with E-state index in [1.54, 1.807) is 0 Å². The standard InChI is InChI=1S/C9H12N2S/c1-2-5-11-9(3-1)12-8-4-6-10-7-8/h1-3,5,8,10H,4,6-7H2. The minimum Gasteiger partial charge on any atom is -0.316 e. The third-order valence-corrected chi connectivity index (χ3v) is 3.16. The molecule has 0 bridgehead atoms. The minimum atomic E-state index is 0.722. The zero-order valence-electron chi connectivity index (χ0n) is 6.86. The first-order chi connectivity index (χ1) is 5.95. The Morgan fingerprint density at radius 3 is 3.17 bits per heavy atom. The Morgan fingerprint density at radius 2 is 2.50 bits per heavy atom. The Bertz CT molecular complexity index is 232. The van der Waals surface area contributed by atoms with Crippen LogP contribution in [0.2, 0.25) is 0 Å². The van der Waals surface area contributed by atoms with Gasteiger partial charge in [0, 0.05) is 18.0 Å². The van der Waals surface area contributed by atoms with Crippen molar-refractivity contribution in [3.05, 3.63) is 24.4 Å². The molecular weight excluding hydrogens is 168 g/mol. The van der Waals surface area contributed by atoms with Gasteiger partial charge in [-0.15, -0.1) is 11.8 Å². The lowest BCUT2D eigenvalue weighted by molar-refractivity contribution is 0.858. The van der Waals surface area contributed by atoms with Crippen molar-refractivity contribution >= 4 is 11.8 Å². The SMILES string of the molecule is c1ccc(SC2CCNC2)nc1. The first kappa shape index (κ1) is 8.08. The number of nitrogens with zero attached hydrogens (tertiary/aromatic N) is 1. The Balaban J connectivity index is 1.94. The van der Waals surface area contributed by atoms with Gasteiger partial charge in [0.25, 0.3) is 0 Å². The van der Waals surface area contributed by atoms with Crippen LogP contribution in [0.15, 0.2) is 29.4 Å². The largest absolute Gasteiger partial charge is 0.316 e. The van der Waals surface area contributed by atoms with Crippen molar-refractivity contribution in [3.63, 3.8) is 0 Å². The average Bonchev–Trinajstić information content (AvgIpc) is 2.59. The van der Waals surface area contributed by atoms with Gasteiger partial charge in [0.1, 0.15) is 0 Å². The minimum absolute atomic E-state index is 0.722. The maximum Gasteiger partial charge on any atom is 0.0962 e. The zero-order chi connectivity index (χ0) is 8.23. The van der Waals surface area contributed by atoms with Crippen LogP contribution >= 0.6 is 11.8 Å². The molecular formula is C9H12N2S. The molecule has 1 unspecified atom stereocenters. The second-order valence-corrected chi connectivity index (χ2v) is 4.22. The molecule has 1 fully saturated rings. The number of rotatable bonds is 2. The smallest absolute Gasteiger partial charge is 0.0962 e. The average molecular weight is 180 g/mol. The fourth-order valence-corrected chi connectivity index (χ4v) is 2.37. The molecule has 12 heavy (non-hydrogen) atoms. The third kappa shape index (κ3) is 1.99. The van der Waals surface area contributed by atoms with Crippen LogP contribution in [0.5, 0.6) is 0 Å². The van der Waals surface area contributed by atoms with Crippen LogP contribution in [-0.2, 0) is 0 Å². The van der Waals surface area contributed by atoms with E-state index in [0.717, 1.165) is 23.4 Å². The van der Waals surface area contributed by atoms with Crippen molar-refractivity contribution in [1.82, 2.24) is 10.3 Å². The molecule has 0 spiro atoms. The molecule has 1 saturated heterocycles. The number of aromatic nitrogens is 1. The van der Waals surface area contributed by atoms with E-state index >= 15 is 0 Å². The molecule has 0 saturated carbocycles. The van der Waals surface area contributed by atoms with Crippen LogP contribution in [0.1, 0.15) is 6.42 Å². The molecule has 1 aliphatic rings.